The van der Waals surface area contributed by atoms with Gasteiger partial charge in [-0.2, -0.15) is 9.97 Å². The summed E-state index contributed by atoms with van der Waals surface area (Å²) in [6.07, 6.45) is 9.12. The van der Waals surface area contributed by atoms with Crippen molar-refractivity contribution in [3.63, 3.8) is 0 Å². The Bertz CT molecular complexity index is 3120. The maximum absolute atomic E-state index is 5.54. The Balaban J connectivity index is 1.26. The van der Waals surface area contributed by atoms with Gasteiger partial charge in [0.25, 0.3) is 0 Å². The molecule has 0 N–H and O–H groups in total. The van der Waals surface area contributed by atoms with Crippen LogP contribution in [0.5, 0.6) is 0 Å². The van der Waals surface area contributed by atoms with Gasteiger partial charge < -0.3 is 0 Å². The molecule has 0 saturated heterocycles. The van der Waals surface area contributed by atoms with Crippen molar-refractivity contribution in [1.29, 1.82) is 0 Å². The Morgan fingerprint density at radius 2 is 1.02 bits per heavy atom. The molecule has 0 fully saturated rings. The highest BCUT2D eigenvalue weighted by atomic mass is 32.1. The monoisotopic (exact) mass is 762 g/mol. The lowest BCUT2D eigenvalue weighted by Gasteiger charge is -2.45. The number of hydrogen-bond donors (Lipinski definition) is 0. The molecule has 2 unspecified atom stereocenters. The van der Waals surface area contributed by atoms with Gasteiger partial charge in [0.1, 0.15) is 0 Å². The van der Waals surface area contributed by atoms with Gasteiger partial charge in [0.05, 0.1) is 16.4 Å². The minimum Gasteiger partial charge on any atom is -0.278 e. The second kappa shape index (κ2) is 13.9. The van der Waals surface area contributed by atoms with Crippen LogP contribution in [-0.2, 0) is 5.41 Å². The van der Waals surface area contributed by atoms with E-state index in [-0.39, 0.29) is 11.8 Å². The molecule has 0 bridgehead atoms. The van der Waals surface area contributed by atoms with Crippen LogP contribution in [0.1, 0.15) is 23.6 Å². The number of allylic oxidation sites excluding steroid dienone is 4. The molecule has 1 aliphatic carbocycles. The van der Waals surface area contributed by atoms with E-state index in [0.717, 1.165) is 43.9 Å². The molecule has 0 amide bonds. The minimum atomic E-state index is -0.594. The van der Waals surface area contributed by atoms with Gasteiger partial charge in [-0.1, -0.05) is 183 Å². The fraction of sp³-hybridized carbons (Fsp3) is 0.0755. The zero-order chi connectivity index (χ0) is 38.6. The third-order valence-electron chi connectivity index (χ3n) is 12.0. The third kappa shape index (κ3) is 5.31. The van der Waals surface area contributed by atoms with Crippen LogP contribution in [0.15, 0.2) is 200 Å². The van der Waals surface area contributed by atoms with Crippen LogP contribution in [0.2, 0.25) is 0 Å². The summed E-state index contributed by atoms with van der Waals surface area (Å²) in [5.74, 6) is 2.19. The highest BCUT2D eigenvalue weighted by molar-refractivity contribution is 7.25. The topological polar surface area (TPSA) is 43.6 Å². The molecule has 58 heavy (non-hydrogen) atoms. The zero-order valence-corrected chi connectivity index (χ0v) is 32.7. The number of thiophene rings is 1. The molecule has 0 saturated carbocycles. The van der Waals surface area contributed by atoms with Crippen molar-refractivity contribution in [2.45, 2.75) is 12.3 Å². The van der Waals surface area contributed by atoms with Gasteiger partial charge in [-0.05, 0) is 46.9 Å². The first-order valence-electron chi connectivity index (χ1n) is 19.9. The minimum absolute atomic E-state index is 0.0903. The maximum atomic E-state index is 5.54. The molecule has 0 spiro atoms. The number of nitrogens with zero attached hydrogens (tertiary/aromatic N) is 4. The summed E-state index contributed by atoms with van der Waals surface area (Å²) < 4.78 is 4.66. The Labute approximate surface area is 341 Å². The molecule has 0 radical (unpaired) electrons. The summed E-state index contributed by atoms with van der Waals surface area (Å²) in [5, 5.41) is 4.69. The Kier molecular flexibility index (Phi) is 8.23. The van der Waals surface area contributed by atoms with Crippen LogP contribution in [-0.4, -0.2) is 19.5 Å². The molecule has 1 aliphatic rings. The van der Waals surface area contributed by atoms with Crippen LogP contribution >= 0.6 is 11.3 Å². The summed E-state index contributed by atoms with van der Waals surface area (Å²) in [6.45, 7) is 2.33. The van der Waals surface area contributed by atoms with E-state index < -0.39 is 5.41 Å². The number of hydrogen-bond acceptors (Lipinski definition) is 4. The first-order chi connectivity index (χ1) is 28.7. The van der Waals surface area contributed by atoms with Crippen LogP contribution in [0.3, 0.4) is 0 Å². The van der Waals surface area contributed by atoms with Crippen molar-refractivity contribution >= 4 is 53.3 Å². The van der Waals surface area contributed by atoms with E-state index in [1.807, 2.05) is 0 Å². The van der Waals surface area contributed by atoms with E-state index in [4.69, 9.17) is 15.0 Å². The molecule has 3 heterocycles. The average molecular weight is 763 g/mol. The van der Waals surface area contributed by atoms with Gasteiger partial charge in [-0.25, -0.2) is 4.98 Å². The lowest BCUT2D eigenvalue weighted by atomic mass is 9.57. The molecular formula is C53H38N4S. The van der Waals surface area contributed by atoms with Crippen molar-refractivity contribution < 1.29 is 0 Å². The SMILES string of the molecule is CC1C=CC=CC1C(c1ccccc1)(c1ccccc1)c1ccccc1-c1nc(-c2cccc3sc4ccccc4c23)nc(-n2c3ccccc3c3ccccc32)n1. The molecule has 3 aromatic heterocycles. The first-order valence-corrected chi connectivity index (χ1v) is 20.7. The summed E-state index contributed by atoms with van der Waals surface area (Å²) >= 11 is 1.81. The van der Waals surface area contributed by atoms with E-state index in [9.17, 15) is 0 Å². The van der Waals surface area contributed by atoms with E-state index >= 15 is 0 Å². The van der Waals surface area contributed by atoms with E-state index in [1.165, 1.54) is 25.9 Å². The predicted molar refractivity (Wildman–Crippen MR) is 242 cm³/mol. The molecule has 7 aromatic carbocycles. The Hall–Kier alpha value is -6.95. The fourth-order valence-corrected chi connectivity index (χ4v) is 10.7. The van der Waals surface area contributed by atoms with Crippen molar-refractivity contribution in [2.24, 2.45) is 11.8 Å². The molecular weight excluding hydrogens is 725 g/mol. The van der Waals surface area contributed by atoms with Crippen LogP contribution in [0.25, 0.3) is 70.7 Å². The second-order valence-electron chi connectivity index (χ2n) is 15.2. The second-order valence-corrected chi connectivity index (χ2v) is 16.3. The molecule has 10 aromatic rings. The number of para-hydroxylation sites is 2. The van der Waals surface area contributed by atoms with Crippen LogP contribution in [0, 0.1) is 11.8 Å². The highest BCUT2D eigenvalue weighted by Gasteiger charge is 2.46. The molecule has 0 aliphatic heterocycles. The zero-order valence-electron chi connectivity index (χ0n) is 31.9. The highest BCUT2D eigenvalue weighted by Crippen LogP contribution is 2.52. The van der Waals surface area contributed by atoms with Crippen LogP contribution < -0.4 is 0 Å². The van der Waals surface area contributed by atoms with Gasteiger partial charge in [-0.3, -0.25) is 4.57 Å². The van der Waals surface area contributed by atoms with Crippen molar-refractivity contribution in [3.05, 3.63) is 217 Å². The quantitative estimate of drug-likeness (QED) is 0.152. The van der Waals surface area contributed by atoms with Crippen LogP contribution in [0.4, 0.5) is 0 Å². The van der Waals surface area contributed by atoms with Crippen molar-refractivity contribution in [3.8, 4) is 28.7 Å². The van der Waals surface area contributed by atoms with Gasteiger partial charge >= 0.3 is 0 Å². The normalized spacial score (nSPS) is 15.5. The summed E-state index contributed by atoms with van der Waals surface area (Å²) in [4.78, 5) is 16.5. The third-order valence-corrected chi connectivity index (χ3v) is 13.1. The van der Waals surface area contributed by atoms with E-state index in [1.54, 1.807) is 11.3 Å². The average Bonchev–Trinajstić information content (AvgIpc) is 3.84. The number of fused-ring (bicyclic) bond motifs is 6. The van der Waals surface area contributed by atoms with Gasteiger partial charge in [0.15, 0.2) is 11.6 Å². The van der Waals surface area contributed by atoms with Crippen molar-refractivity contribution in [1.82, 2.24) is 19.5 Å². The fourth-order valence-electron chi connectivity index (χ4n) is 9.53. The standard InChI is InChI=1S/C53H38N4S/c1-35-19-8-13-29-43(35)53(36-20-4-2-5-21-36,37-22-6-3-7-23-37)44-30-14-9-26-40(44)50-54-51(42-28-18-34-48-49(42)41-27-12-17-33-47(41)58-48)56-52(55-50)57-45-31-15-10-24-38(45)39-25-11-16-32-46(39)57/h2-35,43H,1H3. The first kappa shape index (κ1) is 34.3. The summed E-state index contributed by atoms with van der Waals surface area (Å²) in [5.41, 5.74) is 7.05. The molecule has 276 valence electrons. The lowest BCUT2D eigenvalue weighted by Crippen LogP contribution is -2.41. The van der Waals surface area contributed by atoms with Gasteiger partial charge in [0, 0.05) is 48.0 Å². The smallest absolute Gasteiger partial charge is 0.238 e. The van der Waals surface area contributed by atoms with Gasteiger partial charge in [0.2, 0.25) is 5.95 Å². The molecule has 5 heteroatoms. The van der Waals surface area contributed by atoms with E-state index in [2.05, 4.69) is 212 Å². The number of benzene rings is 7. The van der Waals surface area contributed by atoms with E-state index in [0.29, 0.717) is 17.6 Å². The molecule has 2 atom stereocenters. The molecule has 11 rings (SSSR count). The number of aromatic nitrogens is 4. The summed E-state index contributed by atoms with van der Waals surface area (Å²) in [7, 11) is 0. The van der Waals surface area contributed by atoms with Crippen molar-refractivity contribution in [2.75, 3.05) is 0 Å². The largest absolute Gasteiger partial charge is 0.278 e. The van der Waals surface area contributed by atoms with Gasteiger partial charge in [-0.15, -0.1) is 11.3 Å². The predicted octanol–water partition coefficient (Wildman–Crippen LogP) is 13.4. The summed E-state index contributed by atoms with van der Waals surface area (Å²) in [6, 6.07) is 63.0. The Morgan fingerprint density at radius 1 is 0.483 bits per heavy atom. The molecule has 4 nitrogen and oxygen atoms in total. The lowest BCUT2D eigenvalue weighted by molar-refractivity contribution is 0.368. The maximum Gasteiger partial charge on any atom is 0.238 e. The number of rotatable bonds is 7. The Morgan fingerprint density at radius 3 is 1.71 bits per heavy atom.